The summed E-state index contributed by atoms with van der Waals surface area (Å²) in [5.74, 6) is -1.70. The van der Waals surface area contributed by atoms with Crippen molar-refractivity contribution < 1.29 is 28.7 Å². The van der Waals surface area contributed by atoms with Gasteiger partial charge in [0, 0.05) is 6.04 Å². The molecular formula is C17H23N3O6. The number of rotatable bonds is 10. The number of hydrogen-bond donors (Lipinski definition) is 3. The van der Waals surface area contributed by atoms with Crippen LogP contribution in [0.25, 0.3) is 0 Å². The van der Waals surface area contributed by atoms with Gasteiger partial charge in [-0.2, -0.15) is 0 Å². The fourth-order valence-corrected chi connectivity index (χ4v) is 1.69. The molecule has 0 fully saturated rings. The summed E-state index contributed by atoms with van der Waals surface area (Å²) >= 11 is 0. The highest BCUT2D eigenvalue weighted by Crippen LogP contribution is 2.07. The van der Waals surface area contributed by atoms with Crippen molar-refractivity contribution in [2.45, 2.75) is 19.9 Å². The Morgan fingerprint density at radius 2 is 1.50 bits per heavy atom. The number of ether oxygens (including phenoxy) is 2. The van der Waals surface area contributed by atoms with Gasteiger partial charge < -0.3 is 25.4 Å². The third kappa shape index (κ3) is 9.91. The molecule has 0 heterocycles. The summed E-state index contributed by atoms with van der Waals surface area (Å²) in [6.07, 6.45) is 0. The molecule has 3 amide bonds. The van der Waals surface area contributed by atoms with Crippen LogP contribution in [0.15, 0.2) is 30.3 Å². The average molecular weight is 365 g/mol. The topological polar surface area (TPSA) is 123 Å². The number of hydrogen-bond acceptors (Lipinski definition) is 6. The van der Waals surface area contributed by atoms with E-state index in [1.165, 1.54) is 0 Å². The molecule has 3 N–H and O–H groups in total. The summed E-state index contributed by atoms with van der Waals surface area (Å²) in [6.45, 7) is 2.20. The molecule has 0 atom stereocenters. The van der Waals surface area contributed by atoms with Crippen molar-refractivity contribution in [3.8, 4) is 5.75 Å². The van der Waals surface area contributed by atoms with Gasteiger partial charge in [0.1, 0.15) is 12.3 Å². The van der Waals surface area contributed by atoms with Gasteiger partial charge >= 0.3 is 5.97 Å². The molecular weight excluding hydrogens is 342 g/mol. The van der Waals surface area contributed by atoms with Crippen LogP contribution in [0.5, 0.6) is 5.75 Å². The maximum Gasteiger partial charge on any atom is 0.325 e. The predicted molar refractivity (Wildman–Crippen MR) is 92.2 cm³/mol. The first-order valence-electron chi connectivity index (χ1n) is 8.03. The SMILES string of the molecule is CC(C)NC(=O)CNC(=O)COC(=O)CNC(=O)COc1ccccc1. The van der Waals surface area contributed by atoms with Gasteiger partial charge in [0.15, 0.2) is 13.2 Å². The van der Waals surface area contributed by atoms with Crippen LogP contribution in [-0.4, -0.2) is 56.0 Å². The van der Waals surface area contributed by atoms with Crippen LogP contribution < -0.4 is 20.7 Å². The molecule has 9 nitrogen and oxygen atoms in total. The summed E-state index contributed by atoms with van der Waals surface area (Å²) in [7, 11) is 0. The quantitative estimate of drug-likeness (QED) is 0.474. The molecule has 26 heavy (non-hydrogen) atoms. The number of benzene rings is 1. The number of para-hydroxylation sites is 1. The minimum atomic E-state index is -0.778. The molecule has 0 bridgehead atoms. The number of nitrogens with one attached hydrogen (secondary N) is 3. The summed E-state index contributed by atoms with van der Waals surface area (Å²) in [4.78, 5) is 45.8. The highest BCUT2D eigenvalue weighted by Gasteiger charge is 2.11. The Morgan fingerprint density at radius 1 is 0.885 bits per heavy atom. The highest BCUT2D eigenvalue weighted by molar-refractivity contribution is 5.87. The summed E-state index contributed by atoms with van der Waals surface area (Å²) in [6, 6.07) is 8.70. The molecule has 1 aromatic rings. The van der Waals surface area contributed by atoms with Gasteiger partial charge in [0.05, 0.1) is 6.54 Å². The van der Waals surface area contributed by atoms with Crippen LogP contribution in [-0.2, 0) is 23.9 Å². The average Bonchev–Trinajstić information content (AvgIpc) is 2.61. The minimum absolute atomic E-state index is 0.0355. The Hall–Kier alpha value is -3.10. The maximum atomic E-state index is 11.6. The molecule has 1 aromatic carbocycles. The Bertz CT molecular complexity index is 618. The number of esters is 1. The Balaban J connectivity index is 2.12. The molecule has 0 saturated carbocycles. The Labute approximate surface area is 151 Å². The lowest BCUT2D eigenvalue weighted by molar-refractivity contribution is -0.148. The first-order valence-corrected chi connectivity index (χ1v) is 8.03. The van der Waals surface area contributed by atoms with E-state index in [2.05, 4.69) is 16.0 Å². The molecule has 0 aliphatic rings. The second kappa shape index (κ2) is 11.5. The fraction of sp³-hybridized carbons (Fsp3) is 0.412. The molecule has 0 spiro atoms. The second-order valence-corrected chi connectivity index (χ2v) is 5.54. The lowest BCUT2D eigenvalue weighted by Gasteiger charge is -2.10. The molecule has 1 rings (SSSR count). The number of amides is 3. The van der Waals surface area contributed by atoms with Gasteiger partial charge in [0.2, 0.25) is 5.91 Å². The Morgan fingerprint density at radius 3 is 2.15 bits per heavy atom. The van der Waals surface area contributed by atoms with Crippen LogP contribution >= 0.6 is 0 Å². The maximum absolute atomic E-state index is 11.6. The van der Waals surface area contributed by atoms with E-state index in [9.17, 15) is 19.2 Å². The van der Waals surface area contributed by atoms with Crippen molar-refractivity contribution >= 4 is 23.7 Å². The third-order valence-electron chi connectivity index (χ3n) is 2.80. The molecule has 0 aromatic heterocycles. The monoisotopic (exact) mass is 365 g/mol. The van der Waals surface area contributed by atoms with Gasteiger partial charge in [-0.1, -0.05) is 18.2 Å². The summed E-state index contributed by atoms with van der Waals surface area (Å²) < 4.78 is 9.91. The second-order valence-electron chi connectivity index (χ2n) is 5.54. The number of carbonyl (C=O) groups excluding carboxylic acids is 4. The summed E-state index contributed by atoms with van der Waals surface area (Å²) in [5.41, 5.74) is 0. The first kappa shape index (κ1) is 20.9. The van der Waals surface area contributed by atoms with Crippen LogP contribution in [0.4, 0.5) is 0 Å². The standard InChI is InChI=1S/C17H23N3O6/c1-12(2)20-14(21)8-18-16(23)11-26-17(24)9-19-15(22)10-25-13-6-4-3-5-7-13/h3-7,12H,8-11H2,1-2H3,(H,18,23)(H,19,22)(H,20,21). The van der Waals surface area contributed by atoms with Crippen molar-refractivity contribution in [3.05, 3.63) is 30.3 Å². The van der Waals surface area contributed by atoms with E-state index in [0.717, 1.165) is 0 Å². The first-order chi connectivity index (χ1) is 12.4. The number of carbonyl (C=O) groups is 4. The summed E-state index contributed by atoms with van der Waals surface area (Å²) in [5, 5.41) is 7.22. The van der Waals surface area contributed by atoms with E-state index < -0.39 is 30.9 Å². The van der Waals surface area contributed by atoms with Crippen LogP contribution in [0.2, 0.25) is 0 Å². The van der Waals surface area contributed by atoms with Gasteiger partial charge in [-0.05, 0) is 26.0 Å². The molecule has 0 aliphatic heterocycles. The molecule has 142 valence electrons. The molecule has 0 radical (unpaired) electrons. The zero-order chi connectivity index (χ0) is 19.4. The van der Waals surface area contributed by atoms with Crippen molar-refractivity contribution in [3.63, 3.8) is 0 Å². The van der Waals surface area contributed by atoms with E-state index >= 15 is 0 Å². The Kier molecular flexibility index (Phi) is 9.23. The fourth-order valence-electron chi connectivity index (χ4n) is 1.69. The van der Waals surface area contributed by atoms with Gasteiger partial charge in [-0.15, -0.1) is 0 Å². The minimum Gasteiger partial charge on any atom is -0.484 e. The van der Waals surface area contributed by atoms with Crippen molar-refractivity contribution in [1.82, 2.24) is 16.0 Å². The van der Waals surface area contributed by atoms with Crippen molar-refractivity contribution in [2.75, 3.05) is 26.3 Å². The van der Waals surface area contributed by atoms with E-state index in [4.69, 9.17) is 9.47 Å². The molecule has 0 unspecified atom stereocenters. The smallest absolute Gasteiger partial charge is 0.325 e. The molecule has 0 aliphatic carbocycles. The normalized spacial score (nSPS) is 9.96. The van der Waals surface area contributed by atoms with Crippen molar-refractivity contribution in [1.29, 1.82) is 0 Å². The lowest BCUT2D eigenvalue weighted by atomic mass is 10.3. The zero-order valence-electron chi connectivity index (χ0n) is 14.7. The van der Waals surface area contributed by atoms with Crippen LogP contribution in [0.1, 0.15) is 13.8 Å². The lowest BCUT2D eigenvalue weighted by Crippen LogP contribution is -2.41. The van der Waals surface area contributed by atoms with E-state index in [-0.39, 0.29) is 25.1 Å². The van der Waals surface area contributed by atoms with Crippen LogP contribution in [0, 0.1) is 0 Å². The van der Waals surface area contributed by atoms with Gasteiger partial charge in [0.25, 0.3) is 11.8 Å². The zero-order valence-corrected chi connectivity index (χ0v) is 14.7. The van der Waals surface area contributed by atoms with Crippen molar-refractivity contribution in [2.24, 2.45) is 0 Å². The van der Waals surface area contributed by atoms with E-state index in [0.29, 0.717) is 5.75 Å². The van der Waals surface area contributed by atoms with Crippen LogP contribution in [0.3, 0.4) is 0 Å². The molecule has 9 heteroatoms. The largest absolute Gasteiger partial charge is 0.484 e. The van der Waals surface area contributed by atoms with Gasteiger partial charge in [-0.3, -0.25) is 19.2 Å². The highest BCUT2D eigenvalue weighted by atomic mass is 16.5. The van der Waals surface area contributed by atoms with Gasteiger partial charge in [-0.25, -0.2) is 0 Å². The third-order valence-corrected chi connectivity index (χ3v) is 2.80. The molecule has 0 saturated heterocycles. The van der Waals surface area contributed by atoms with E-state index in [1.54, 1.807) is 38.1 Å². The van der Waals surface area contributed by atoms with E-state index in [1.807, 2.05) is 6.07 Å². The predicted octanol–water partition coefficient (Wildman–Crippen LogP) is -0.634.